The van der Waals surface area contributed by atoms with Crippen LogP contribution in [-0.2, 0) is 10.0 Å². The number of nitrogen functional groups attached to an aromatic ring is 1. The predicted molar refractivity (Wildman–Crippen MR) is 75.6 cm³/mol. The number of halogens is 3. The number of sulfonamides is 1. The Kier molecular flexibility index (Phi) is 5.11. The van der Waals surface area contributed by atoms with Crippen molar-refractivity contribution in [1.29, 1.82) is 0 Å². The smallest absolute Gasteiger partial charge is 0.397 e. The van der Waals surface area contributed by atoms with Crippen molar-refractivity contribution in [3.63, 3.8) is 0 Å². The van der Waals surface area contributed by atoms with E-state index in [2.05, 4.69) is 4.72 Å². The van der Waals surface area contributed by atoms with Gasteiger partial charge in [-0.3, -0.25) is 0 Å². The van der Waals surface area contributed by atoms with Gasteiger partial charge in [-0.05, 0) is 39.1 Å². The highest BCUT2D eigenvalue weighted by molar-refractivity contribution is 7.89. The van der Waals surface area contributed by atoms with Gasteiger partial charge in [-0.25, -0.2) is 13.1 Å². The predicted octanol–water partition coefficient (Wildman–Crippen LogP) is 1.95. The van der Waals surface area contributed by atoms with Crippen molar-refractivity contribution in [3.05, 3.63) is 18.2 Å². The molecule has 1 rings (SSSR count). The molecule has 0 spiro atoms. The Morgan fingerprint density at radius 3 is 2.29 bits per heavy atom. The third kappa shape index (κ3) is 4.50. The van der Waals surface area contributed by atoms with Crippen LogP contribution in [-0.4, -0.2) is 34.2 Å². The van der Waals surface area contributed by atoms with E-state index in [0.717, 1.165) is 11.0 Å². The Balaban J connectivity index is 3.24. The minimum Gasteiger partial charge on any atom is -0.397 e. The number of alkyl halides is 3. The van der Waals surface area contributed by atoms with E-state index in [9.17, 15) is 21.6 Å². The lowest BCUT2D eigenvalue weighted by Gasteiger charge is -2.31. The van der Waals surface area contributed by atoms with Crippen molar-refractivity contribution in [3.8, 4) is 0 Å². The van der Waals surface area contributed by atoms with Crippen molar-refractivity contribution in [2.75, 3.05) is 24.2 Å². The minimum absolute atomic E-state index is 0.0238. The fourth-order valence-corrected chi connectivity index (χ4v) is 2.58. The molecule has 0 atom stereocenters. The summed E-state index contributed by atoms with van der Waals surface area (Å²) < 4.78 is 63.2. The number of rotatable bonds is 5. The summed E-state index contributed by atoms with van der Waals surface area (Å²) in [4.78, 5) is 0.979. The summed E-state index contributed by atoms with van der Waals surface area (Å²) in [5, 5.41) is 0. The Morgan fingerprint density at radius 2 is 1.90 bits per heavy atom. The number of hydrogen-bond acceptors (Lipinski definition) is 4. The topological polar surface area (TPSA) is 75.4 Å². The van der Waals surface area contributed by atoms with Crippen molar-refractivity contribution in [2.45, 2.75) is 31.0 Å². The van der Waals surface area contributed by atoms with Crippen LogP contribution >= 0.6 is 0 Å². The summed E-state index contributed by atoms with van der Waals surface area (Å²) in [5.74, 6) is 0. The molecule has 0 fully saturated rings. The zero-order valence-corrected chi connectivity index (χ0v) is 12.7. The average molecular weight is 325 g/mol. The lowest BCUT2D eigenvalue weighted by Crippen LogP contribution is -2.39. The third-order valence-corrected chi connectivity index (χ3v) is 4.27. The van der Waals surface area contributed by atoms with Gasteiger partial charge in [0.1, 0.15) is 6.54 Å². The van der Waals surface area contributed by atoms with E-state index in [-0.39, 0.29) is 16.3 Å². The molecule has 0 saturated heterocycles. The van der Waals surface area contributed by atoms with Gasteiger partial charge in [-0.15, -0.1) is 0 Å². The molecule has 0 amide bonds. The summed E-state index contributed by atoms with van der Waals surface area (Å²) >= 11 is 0. The van der Waals surface area contributed by atoms with Crippen molar-refractivity contribution < 1.29 is 21.6 Å². The SMILES string of the molecule is CNS(=O)(=O)c1ccc(N(CC(F)(F)F)C(C)C)c(N)c1. The maximum atomic E-state index is 12.6. The normalized spacial score (nSPS) is 12.7. The maximum Gasteiger partial charge on any atom is 0.405 e. The van der Waals surface area contributed by atoms with Gasteiger partial charge < -0.3 is 10.6 Å². The van der Waals surface area contributed by atoms with Crippen LogP contribution in [0.5, 0.6) is 0 Å². The molecule has 120 valence electrons. The Morgan fingerprint density at radius 1 is 1.33 bits per heavy atom. The first-order valence-corrected chi connectivity index (χ1v) is 7.62. The molecule has 9 heteroatoms. The monoisotopic (exact) mass is 325 g/mol. The molecule has 3 N–H and O–H groups in total. The quantitative estimate of drug-likeness (QED) is 0.812. The number of nitrogens with two attached hydrogens (primary N) is 1. The lowest BCUT2D eigenvalue weighted by atomic mass is 10.2. The molecular weight excluding hydrogens is 307 g/mol. The summed E-state index contributed by atoms with van der Waals surface area (Å²) in [5.41, 5.74) is 5.86. The van der Waals surface area contributed by atoms with Crippen LogP contribution in [0.2, 0.25) is 0 Å². The highest BCUT2D eigenvalue weighted by atomic mass is 32.2. The van der Waals surface area contributed by atoms with Gasteiger partial charge in [0.2, 0.25) is 10.0 Å². The molecule has 5 nitrogen and oxygen atoms in total. The van der Waals surface area contributed by atoms with Gasteiger partial charge in [-0.2, -0.15) is 13.2 Å². The number of nitrogens with zero attached hydrogens (tertiary/aromatic N) is 1. The van der Waals surface area contributed by atoms with E-state index in [0.29, 0.717) is 0 Å². The first-order chi connectivity index (χ1) is 9.48. The van der Waals surface area contributed by atoms with E-state index in [4.69, 9.17) is 5.73 Å². The molecule has 0 heterocycles. The molecule has 0 aliphatic heterocycles. The van der Waals surface area contributed by atoms with Crippen LogP contribution in [0.3, 0.4) is 0 Å². The van der Waals surface area contributed by atoms with Crippen LogP contribution in [0.4, 0.5) is 24.5 Å². The van der Waals surface area contributed by atoms with Crippen molar-refractivity contribution in [2.24, 2.45) is 0 Å². The van der Waals surface area contributed by atoms with Crippen LogP contribution in [0.1, 0.15) is 13.8 Å². The molecule has 0 unspecified atom stereocenters. The highest BCUT2D eigenvalue weighted by Crippen LogP contribution is 2.30. The van der Waals surface area contributed by atoms with Crippen LogP contribution in [0.15, 0.2) is 23.1 Å². The highest BCUT2D eigenvalue weighted by Gasteiger charge is 2.32. The number of hydrogen-bond donors (Lipinski definition) is 2. The second-order valence-corrected chi connectivity index (χ2v) is 6.65. The van der Waals surface area contributed by atoms with Crippen LogP contribution < -0.4 is 15.4 Å². The molecular formula is C12H18F3N3O2S. The zero-order valence-electron chi connectivity index (χ0n) is 11.9. The second kappa shape index (κ2) is 6.10. The molecule has 1 aromatic carbocycles. The summed E-state index contributed by atoms with van der Waals surface area (Å²) in [6, 6.07) is 3.21. The maximum absolute atomic E-state index is 12.6. The van der Waals surface area contributed by atoms with E-state index >= 15 is 0 Å². The largest absolute Gasteiger partial charge is 0.405 e. The summed E-state index contributed by atoms with van der Waals surface area (Å²) in [6.07, 6.45) is -4.38. The first kappa shape index (κ1) is 17.6. The first-order valence-electron chi connectivity index (χ1n) is 6.14. The van der Waals surface area contributed by atoms with Gasteiger partial charge >= 0.3 is 6.18 Å². The fraction of sp³-hybridized carbons (Fsp3) is 0.500. The standard InChI is InChI=1S/C12H18F3N3O2S/c1-8(2)18(7-12(13,14)15)11-5-4-9(6-10(11)16)21(19,20)17-3/h4-6,8,17H,7,16H2,1-3H3. The molecule has 0 aromatic heterocycles. The van der Waals surface area contributed by atoms with Crippen molar-refractivity contribution >= 4 is 21.4 Å². The van der Waals surface area contributed by atoms with Crippen LogP contribution in [0, 0.1) is 0 Å². The molecule has 0 radical (unpaired) electrons. The summed E-state index contributed by atoms with van der Waals surface area (Å²) in [6.45, 7) is 2.04. The van der Waals surface area contributed by atoms with Gasteiger partial charge in [0.05, 0.1) is 16.3 Å². The molecule has 0 aliphatic carbocycles. The summed E-state index contributed by atoms with van der Waals surface area (Å²) in [7, 11) is -2.45. The molecule has 0 aliphatic rings. The van der Waals surface area contributed by atoms with E-state index in [1.807, 2.05) is 0 Å². The van der Waals surface area contributed by atoms with Crippen LogP contribution in [0.25, 0.3) is 0 Å². The fourth-order valence-electron chi connectivity index (χ4n) is 1.82. The van der Waals surface area contributed by atoms with E-state index in [1.165, 1.54) is 19.2 Å². The molecule has 0 saturated carbocycles. The number of benzene rings is 1. The van der Waals surface area contributed by atoms with E-state index in [1.54, 1.807) is 13.8 Å². The van der Waals surface area contributed by atoms with Gasteiger partial charge in [0.15, 0.2) is 0 Å². The zero-order chi connectivity index (χ0) is 16.4. The molecule has 21 heavy (non-hydrogen) atoms. The second-order valence-electron chi connectivity index (χ2n) is 4.77. The van der Waals surface area contributed by atoms with Crippen molar-refractivity contribution in [1.82, 2.24) is 4.72 Å². The van der Waals surface area contributed by atoms with Gasteiger partial charge in [0, 0.05) is 6.04 Å². The number of nitrogens with one attached hydrogen (secondary N) is 1. The van der Waals surface area contributed by atoms with Gasteiger partial charge in [0.25, 0.3) is 0 Å². The molecule has 1 aromatic rings. The Hall–Kier alpha value is -1.48. The average Bonchev–Trinajstić information content (AvgIpc) is 2.35. The lowest BCUT2D eigenvalue weighted by molar-refractivity contribution is -0.120. The Labute approximate surface area is 122 Å². The van der Waals surface area contributed by atoms with Gasteiger partial charge in [-0.1, -0.05) is 0 Å². The third-order valence-electron chi connectivity index (χ3n) is 2.86. The number of anilines is 2. The minimum atomic E-state index is -4.38. The molecule has 0 bridgehead atoms. The Bertz CT molecular complexity index is 600. The van der Waals surface area contributed by atoms with E-state index < -0.39 is 28.8 Å².